The van der Waals surface area contributed by atoms with Gasteiger partial charge in [0.2, 0.25) is 5.88 Å². The number of H-pyrrole nitrogens is 1. The molecule has 0 bridgehead atoms. The van der Waals surface area contributed by atoms with Crippen molar-refractivity contribution in [2.24, 2.45) is 0 Å². The van der Waals surface area contributed by atoms with E-state index in [1.807, 2.05) is 25.1 Å². The first-order valence-corrected chi connectivity index (χ1v) is 11.4. The summed E-state index contributed by atoms with van der Waals surface area (Å²) in [5.41, 5.74) is 4.97. The molecule has 0 unspecified atom stereocenters. The number of hydrogen-bond acceptors (Lipinski definition) is 5. The number of nitrogens with one attached hydrogen (secondary N) is 1. The lowest BCUT2D eigenvalue weighted by atomic mass is 9.88. The highest BCUT2D eigenvalue weighted by Crippen LogP contribution is 2.38. The summed E-state index contributed by atoms with van der Waals surface area (Å²) in [5, 5.41) is 1.09. The molecule has 0 amide bonds. The van der Waals surface area contributed by atoms with E-state index in [4.69, 9.17) is 24.2 Å². The number of benzene rings is 2. The first-order chi connectivity index (χ1) is 15.7. The van der Waals surface area contributed by atoms with Gasteiger partial charge in [-0.25, -0.2) is 4.98 Å². The van der Waals surface area contributed by atoms with Crippen LogP contribution in [-0.4, -0.2) is 35.8 Å². The molecule has 2 aromatic carbocycles. The second-order valence-electron chi connectivity index (χ2n) is 8.33. The lowest BCUT2D eigenvalue weighted by molar-refractivity contribution is 0.326. The number of hydrogen-bond donors (Lipinski definition) is 1. The number of nitrogens with zero attached hydrogens (tertiary/aromatic N) is 2. The van der Waals surface area contributed by atoms with Crippen LogP contribution < -0.4 is 14.2 Å². The Bertz CT molecular complexity index is 1260. The zero-order valence-corrected chi connectivity index (χ0v) is 18.9. The lowest BCUT2D eigenvalue weighted by Gasteiger charge is -2.20. The molecule has 0 saturated heterocycles. The summed E-state index contributed by atoms with van der Waals surface area (Å²) in [7, 11) is 3.30. The molecule has 2 heterocycles. The summed E-state index contributed by atoms with van der Waals surface area (Å²) >= 11 is 0. The molecule has 1 N–H and O–H groups in total. The fraction of sp³-hybridized carbons (Fsp3) is 0.385. The summed E-state index contributed by atoms with van der Waals surface area (Å²) in [6.45, 7) is 2.56. The monoisotopic (exact) mass is 431 g/mol. The number of aromatic amines is 1. The molecule has 2 aromatic heterocycles. The standard InChI is InChI=1S/C26H29N3O3/c1-4-32-26-24-23(28-25(29-26)16-8-6-5-7-9-16)19-12-10-17(14-20(19)27-24)18-11-13-21(30-2)22(15-18)31-3/h10-16,27H,4-9H2,1-3H3. The van der Waals surface area contributed by atoms with Gasteiger partial charge in [-0.15, -0.1) is 0 Å². The van der Waals surface area contributed by atoms with E-state index in [1.165, 1.54) is 19.3 Å². The number of aromatic nitrogens is 3. The van der Waals surface area contributed by atoms with Crippen molar-refractivity contribution < 1.29 is 14.2 Å². The third-order valence-electron chi connectivity index (χ3n) is 6.40. The Kier molecular flexibility index (Phi) is 5.60. The van der Waals surface area contributed by atoms with E-state index in [1.54, 1.807) is 14.2 Å². The zero-order chi connectivity index (χ0) is 22.1. The van der Waals surface area contributed by atoms with Crippen LogP contribution in [0.15, 0.2) is 36.4 Å². The van der Waals surface area contributed by atoms with Crippen molar-refractivity contribution in [2.75, 3.05) is 20.8 Å². The Morgan fingerprint density at radius 3 is 2.41 bits per heavy atom. The molecule has 1 aliphatic rings. The number of ether oxygens (including phenoxy) is 3. The van der Waals surface area contributed by atoms with Crippen LogP contribution in [0.3, 0.4) is 0 Å². The fourth-order valence-electron chi connectivity index (χ4n) is 4.73. The van der Waals surface area contributed by atoms with Gasteiger partial charge in [0, 0.05) is 16.8 Å². The quantitative estimate of drug-likeness (QED) is 0.391. The van der Waals surface area contributed by atoms with Gasteiger partial charge in [-0.3, -0.25) is 0 Å². The van der Waals surface area contributed by atoms with Crippen LogP contribution >= 0.6 is 0 Å². The van der Waals surface area contributed by atoms with Crippen molar-refractivity contribution in [3.63, 3.8) is 0 Å². The van der Waals surface area contributed by atoms with Gasteiger partial charge in [-0.05, 0) is 49.1 Å². The molecular formula is C26H29N3O3. The van der Waals surface area contributed by atoms with Gasteiger partial charge in [0.05, 0.1) is 20.8 Å². The molecular weight excluding hydrogens is 402 g/mol. The summed E-state index contributed by atoms with van der Waals surface area (Å²) in [4.78, 5) is 13.4. The number of fused-ring (bicyclic) bond motifs is 3. The van der Waals surface area contributed by atoms with Gasteiger partial charge in [-0.1, -0.05) is 37.5 Å². The summed E-state index contributed by atoms with van der Waals surface area (Å²) < 4.78 is 16.8. The maximum Gasteiger partial charge on any atom is 0.241 e. The minimum Gasteiger partial charge on any atom is -0.493 e. The summed E-state index contributed by atoms with van der Waals surface area (Å²) in [6, 6.07) is 12.4. The van der Waals surface area contributed by atoms with Crippen LogP contribution in [0.4, 0.5) is 0 Å². The van der Waals surface area contributed by atoms with Crippen LogP contribution in [-0.2, 0) is 0 Å². The first kappa shape index (κ1) is 20.6. The molecule has 4 aromatic rings. The lowest BCUT2D eigenvalue weighted by Crippen LogP contribution is -2.10. The Morgan fingerprint density at radius 1 is 0.906 bits per heavy atom. The fourth-order valence-corrected chi connectivity index (χ4v) is 4.73. The van der Waals surface area contributed by atoms with Gasteiger partial charge >= 0.3 is 0 Å². The van der Waals surface area contributed by atoms with Crippen molar-refractivity contribution in [2.45, 2.75) is 44.9 Å². The van der Waals surface area contributed by atoms with Crippen LogP contribution in [0.5, 0.6) is 17.4 Å². The van der Waals surface area contributed by atoms with E-state index < -0.39 is 0 Å². The highest BCUT2D eigenvalue weighted by atomic mass is 16.5. The highest BCUT2D eigenvalue weighted by molar-refractivity contribution is 6.07. The molecule has 0 radical (unpaired) electrons. The largest absolute Gasteiger partial charge is 0.493 e. The smallest absolute Gasteiger partial charge is 0.241 e. The summed E-state index contributed by atoms with van der Waals surface area (Å²) in [6.07, 6.45) is 6.12. The van der Waals surface area contributed by atoms with Crippen LogP contribution in [0.2, 0.25) is 0 Å². The van der Waals surface area contributed by atoms with Crippen molar-refractivity contribution in [1.82, 2.24) is 15.0 Å². The van der Waals surface area contributed by atoms with E-state index in [0.717, 1.165) is 57.5 Å². The van der Waals surface area contributed by atoms with Gasteiger partial charge in [-0.2, -0.15) is 4.98 Å². The maximum absolute atomic E-state index is 5.94. The Morgan fingerprint density at radius 2 is 1.66 bits per heavy atom. The first-order valence-electron chi connectivity index (χ1n) is 11.4. The Labute approximate surface area is 187 Å². The van der Waals surface area contributed by atoms with Crippen molar-refractivity contribution in [3.05, 3.63) is 42.2 Å². The molecule has 1 saturated carbocycles. The molecule has 32 heavy (non-hydrogen) atoms. The molecule has 0 aliphatic heterocycles. The summed E-state index contributed by atoms with van der Waals surface area (Å²) in [5.74, 6) is 3.42. The molecule has 1 fully saturated rings. The number of methoxy groups -OCH3 is 2. The topological polar surface area (TPSA) is 69.3 Å². The minimum absolute atomic E-state index is 0.420. The minimum atomic E-state index is 0.420. The van der Waals surface area contributed by atoms with Crippen LogP contribution in [0.25, 0.3) is 33.1 Å². The van der Waals surface area contributed by atoms with E-state index in [0.29, 0.717) is 24.2 Å². The second-order valence-corrected chi connectivity index (χ2v) is 8.33. The van der Waals surface area contributed by atoms with E-state index >= 15 is 0 Å². The second kappa shape index (κ2) is 8.69. The normalized spacial score (nSPS) is 14.7. The molecule has 5 rings (SSSR count). The van der Waals surface area contributed by atoms with E-state index in [2.05, 4.69) is 23.2 Å². The predicted octanol–water partition coefficient (Wildman–Crippen LogP) is 6.24. The van der Waals surface area contributed by atoms with Crippen LogP contribution in [0, 0.1) is 0 Å². The molecule has 1 aliphatic carbocycles. The van der Waals surface area contributed by atoms with Gasteiger partial charge in [0.1, 0.15) is 16.9 Å². The van der Waals surface area contributed by atoms with Crippen molar-refractivity contribution >= 4 is 21.9 Å². The highest BCUT2D eigenvalue weighted by Gasteiger charge is 2.22. The maximum atomic E-state index is 5.94. The SMILES string of the molecule is CCOc1nc(C2CCCCC2)nc2c1[nH]c1cc(-c3ccc(OC)c(OC)c3)ccc12. The molecule has 0 atom stereocenters. The zero-order valence-electron chi connectivity index (χ0n) is 18.9. The van der Waals surface area contributed by atoms with Crippen molar-refractivity contribution in [1.29, 1.82) is 0 Å². The number of rotatable bonds is 6. The average molecular weight is 432 g/mol. The Balaban J connectivity index is 1.62. The third kappa shape index (κ3) is 3.64. The van der Waals surface area contributed by atoms with Gasteiger partial charge < -0.3 is 19.2 Å². The van der Waals surface area contributed by atoms with Gasteiger partial charge in [0.25, 0.3) is 0 Å². The predicted molar refractivity (Wildman–Crippen MR) is 127 cm³/mol. The van der Waals surface area contributed by atoms with Crippen LogP contribution in [0.1, 0.15) is 50.8 Å². The van der Waals surface area contributed by atoms with E-state index in [-0.39, 0.29) is 0 Å². The molecule has 166 valence electrons. The average Bonchev–Trinajstić information content (AvgIpc) is 3.22. The molecule has 0 spiro atoms. The molecule has 6 nitrogen and oxygen atoms in total. The third-order valence-corrected chi connectivity index (χ3v) is 6.40. The molecule has 6 heteroatoms. The Hall–Kier alpha value is -3.28. The van der Waals surface area contributed by atoms with Crippen molar-refractivity contribution in [3.8, 4) is 28.5 Å². The van der Waals surface area contributed by atoms with E-state index in [9.17, 15) is 0 Å². The van der Waals surface area contributed by atoms with Gasteiger partial charge in [0.15, 0.2) is 11.5 Å².